The highest BCUT2D eigenvalue weighted by Crippen LogP contribution is 2.23. The van der Waals surface area contributed by atoms with Crippen LogP contribution < -0.4 is 11.1 Å². The first-order valence-corrected chi connectivity index (χ1v) is 9.39. The highest BCUT2D eigenvalue weighted by atomic mass is 19.1. The van der Waals surface area contributed by atoms with Crippen molar-refractivity contribution in [2.45, 2.75) is 19.8 Å². The molecule has 0 saturated heterocycles. The van der Waals surface area contributed by atoms with Crippen LogP contribution >= 0.6 is 0 Å². The molecule has 31 heavy (non-hydrogen) atoms. The van der Waals surface area contributed by atoms with Gasteiger partial charge in [-0.05, 0) is 50.1 Å². The zero-order chi connectivity index (χ0) is 22.5. The Labute approximate surface area is 177 Å². The zero-order valence-corrected chi connectivity index (χ0v) is 16.6. The summed E-state index contributed by atoms with van der Waals surface area (Å²) in [5, 5.41) is 27.7. The lowest BCUT2D eigenvalue weighted by atomic mass is 10.1. The Morgan fingerprint density at radius 3 is 2.68 bits per heavy atom. The predicted octanol–water partition coefficient (Wildman–Crippen LogP) is 3.04. The molecule has 0 atom stereocenters. The summed E-state index contributed by atoms with van der Waals surface area (Å²) < 4.78 is 14.5. The van der Waals surface area contributed by atoms with Crippen LogP contribution in [0.1, 0.15) is 33.6 Å². The number of nitrogens with zero attached hydrogens (tertiary/aromatic N) is 4. The van der Waals surface area contributed by atoms with Crippen molar-refractivity contribution in [2.24, 2.45) is 0 Å². The molecule has 0 spiro atoms. The summed E-state index contributed by atoms with van der Waals surface area (Å²) in [6.07, 6.45) is 0.775. The molecule has 158 valence electrons. The molecule has 1 heterocycles. The summed E-state index contributed by atoms with van der Waals surface area (Å²) in [6.45, 7) is 1.79. The monoisotopic (exact) mass is 422 g/mol. The summed E-state index contributed by atoms with van der Waals surface area (Å²) in [5.41, 5.74) is 7.37. The molecule has 0 radical (unpaired) electrons. The van der Waals surface area contributed by atoms with Gasteiger partial charge in [0.25, 0.3) is 11.6 Å². The number of nitrogens with one attached hydrogen (secondary N) is 1. The summed E-state index contributed by atoms with van der Waals surface area (Å²) >= 11 is 0. The van der Waals surface area contributed by atoms with Crippen molar-refractivity contribution in [2.75, 3.05) is 12.3 Å². The number of carbonyl (C=O) groups excluding carboxylic acids is 1. The molecule has 9 nitrogen and oxygen atoms in total. The topological polar surface area (TPSA) is 140 Å². The van der Waals surface area contributed by atoms with E-state index in [1.165, 1.54) is 35.0 Å². The number of anilines is 1. The fourth-order valence-corrected chi connectivity index (χ4v) is 3.19. The fourth-order valence-electron chi connectivity index (χ4n) is 3.19. The van der Waals surface area contributed by atoms with Crippen LogP contribution in [-0.2, 0) is 6.42 Å². The third-order valence-corrected chi connectivity index (χ3v) is 4.72. The van der Waals surface area contributed by atoms with Crippen molar-refractivity contribution in [3.05, 3.63) is 80.8 Å². The van der Waals surface area contributed by atoms with E-state index in [-0.39, 0.29) is 29.2 Å². The molecule has 2 aromatic carbocycles. The molecule has 0 saturated carbocycles. The van der Waals surface area contributed by atoms with E-state index in [1.807, 2.05) is 6.07 Å². The number of halogens is 1. The molecule has 3 N–H and O–H groups in total. The first-order chi connectivity index (χ1) is 14.8. The van der Waals surface area contributed by atoms with E-state index in [0.717, 1.165) is 0 Å². The Kier molecular flexibility index (Phi) is 6.26. The Bertz CT molecular complexity index is 1180. The molecular weight excluding hydrogens is 403 g/mol. The van der Waals surface area contributed by atoms with Crippen LogP contribution in [0.25, 0.3) is 5.69 Å². The molecular formula is C21H19FN6O3. The van der Waals surface area contributed by atoms with E-state index in [9.17, 15) is 24.6 Å². The summed E-state index contributed by atoms with van der Waals surface area (Å²) in [4.78, 5) is 23.1. The summed E-state index contributed by atoms with van der Waals surface area (Å²) in [6, 6.07) is 12.1. The number of hydrogen-bond acceptors (Lipinski definition) is 6. The average molecular weight is 422 g/mol. The molecule has 0 aliphatic rings. The van der Waals surface area contributed by atoms with Crippen molar-refractivity contribution in [1.29, 1.82) is 5.26 Å². The lowest BCUT2D eigenvalue weighted by Gasteiger charge is -2.07. The number of aromatic nitrogens is 2. The van der Waals surface area contributed by atoms with Crippen LogP contribution in [0.3, 0.4) is 0 Å². The van der Waals surface area contributed by atoms with Gasteiger partial charge in [-0.2, -0.15) is 10.4 Å². The summed E-state index contributed by atoms with van der Waals surface area (Å²) in [5.74, 6) is -0.810. The molecule has 1 aromatic heterocycles. The van der Waals surface area contributed by atoms with Gasteiger partial charge in [-0.15, -0.1) is 0 Å². The van der Waals surface area contributed by atoms with Crippen molar-refractivity contribution in [3.8, 4) is 11.8 Å². The third kappa shape index (κ3) is 4.51. The minimum atomic E-state index is -0.575. The molecule has 10 heteroatoms. The van der Waals surface area contributed by atoms with Crippen molar-refractivity contribution < 1.29 is 14.1 Å². The molecule has 3 rings (SSSR count). The van der Waals surface area contributed by atoms with Crippen LogP contribution in [0.5, 0.6) is 0 Å². The lowest BCUT2D eigenvalue weighted by molar-refractivity contribution is -0.385. The Morgan fingerprint density at radius 2 is 2.03 bits per heavy atom. The Balaban J connectivity index is 1.68. The van der Waals surface area contributed by atoms with Crippen LogP contribution in [0.2, 0.25) is 0 Å². The number of aryl methyl sites for hydroxylation is 2. The van der Waals surface area contributed by atoms with Gasteiger partial charge in [0, 0.05) is 12.1 Å². The van der Waals surface area contributed by atoms with E-state index < -0.39 is 16.6 Å². The highest BCUT2D eigenvalue weighted by Gasteiger charge is 2.22. The molecule has 3 aromatic rings. The number of hydrogen-bond donors (Lipinski definition) is 2. The maximum Gasteiger partial charge on any atom is 0.285 e. The molecule has 0 aliphatic carbocycles. The minimum absolute atomic E-state index is 0.00690. The number of amides is 1. The third-order valence-electron chi connectivity index (χ3n) is 4.72. The van der Waals surface area contributed by atoms with Crippen molar-refractivity contribution >= 4 is 17.4 Å². The fraction of sp³-hybridized carbons (Fsp3) is 0.190. The van der Waals surface area contributed by atoms with Gasteiger partial charge in [0.1, 0.15) is 28.8 Å². The summed E-state index contributed by atoms with van der Waals surface area (Å²) in [7, 11) is 0. The molecule has 0 fully saturated rings. The number of nitro benzene ring substituents is 1. The number of para-hydroxylation sites is 1. The van der Waals surface area contributed by atoms with Gasteiger partial charge < -0.3 is 11.1 Å². The Morgan fingerprint density at radius 1 is 1.32 bits per heavy atom. The van der Waals surface area contributed by atoms with Gasteiger partial charge in [-0.3, -0.25) is 14.9 Å². The first kappa shape index (κ1) is 21.4. The number of nitrogens with two attached hydrogens (primary N) is 1. The van der Waals surface area contributed by atoms with Crippen LogP contribution in [0.15, 0.2) is 42.5 Å². The second-order valence-corrected chi connectivity index (χ2v) is 6.79. The van der Waals surface area contributed by atoms with Gasteiger partial charge in [0.05, 0.1) is 16.3 Å². The van der Waals surface area contributed by atoms with E-state index in [1.54, 1.807) is 19.1 Å². The molecule has 1 amide bonds. The number of carbonyl (C=O) groups is 1. The second-order valence-electron chi connectivity index (χ2n) is 6.79. The number of nitrogen functional groups attached to an aromatic ring is 1. The van der Waals surface area contributed by atoms with Crippen LogP contribution in [0, 0.1) is 34.2 Å². The maximum absolute atomic E-state index is 13.2. The number of nitriles is 1. The minimum Gasteiger partial charge on any atom is -0.382 e. The molecule has 0 unspecified atom stereocenters. The second kappa shape index (κ2) is 9.04. The van der Waals surface area contributed by atoms with Crippen LogP contribution in [-0.4, -0.2) is 27.2 Å². The van der Waals surface area contributed by atoms with E-state index in [4.69, 9.17) is 5.73 Å². The standard InChI is InChI=1S/C21H19FN6O3/c1-13-4-2-5-16(19(13)28(30)31)21(29)25-11-3-6-18-17(12-23)20(24)27(26-18)15-9-7-14(22)8-10-15/h2,4-5,7-10H,3,6,11,24H2,1H3,(H,25,29). The number of nitro groups is 1. The van der Waals surface area contributed by atoms with Crippen LogP contribution in [0.4, 0.5) is 15.9 Å². The average Bonchev–Trinajstić information content (AvgIpc) is 3.06. The van der Waals surface area contributed by atoms with Crippen molar-refractivity contribution in [1.82, 2.24) is 15.1 Å². The largest absolute Gasteiger partial charge is 0.382 e. The van der Waals surface area contributed by atoms with Crippen molar-refractivity contribution in [3.63, 3.8) is 0 Å². The molecule has 0 bridgehead atoms. The normalized spacial score (nSPS) is 10.5. The number of benzene rings is 2. The molecule has 0 aliphatic heterocycles. The highest BCUT2D eigenvalue weighted by molar-refractivity contribution is 5.98. The van der Waals surface area contributed by atoms with Gasteiger partial charge >= 0.3 is 0 Å². The Hall–Kier alpha value is -4.26. The van der Waals surface area contributed by atoms with E-state index >= 15 is 0 Å². The predicted molar refractivity (Wildman–Crippen MR) is 111 cm³/mol. The quantitative estimate of drug-likeness (QED) is 0.341. The van der Waals surface area contributed by atoms with Gasteiger partial charge in [0.15, 0.2) is 0 Å². The maximum atomic E-state index is 13.2. The SMILES string of the molecule is Cc1cccc(C(=O)NCCCc2nn(-c3ccc(F)cc3)c(N)c2C#N)c1[N+](=O)[O-]. The van der Waals surface area contributed by atoms with Gasteiger partial charge in [0.2, 0.25) is 0 Å². The zero-order valence-electron chi connectivity index (χ0n) is 16.6. The lowest BCUT2D eigenvalue weighted by Crippen LogP contribution is -2.25. The van der Waals surface area contributed by atoms with E-state index in [2.05, 4.69) is 10.4 Å². The number of rotatable bonds is 7. The van der Waals surface area contributed by atoms with Gasteiger partial charge in [-0.1, -0.05) is 12.1 Å². The smallest absolute Gasteiger partial charge is 0.285 e. The van der Waals surface area contributed by atoms with E-state index in [0.29, 0.717) is 29.8 Å². The first-order valence-electron chi connectivity index (χ1n) is 9.39. The van der Waals surface area contributed by atoms with Gasteiger partial charge in [-0.25, -0.2) is 9.07 Å².